The second-order valence-corrected chi connectivity index (χ2v) is 8.49. The van der Waals surface area contributed by atoms with Crippen molar-refractivity contribution in [2.24, 2.45) is 4.99 Å². The zero-order valence-corrected chi connectivity index (χ0v) is 17.0. The van der Waals surface area contributed by atoms with Gasteiger partial charge in [-0.2, -0.15) is 0 Å². The lowest BCUT2D eigenvalue weighted by Crippen LogP contribution is -2.31. The highest BCUT2D eigenvalue weighted by Crippen LogP contribution is 2.25. The lowest BCUT2D eigenvalue weighted by Gasteiger charge is -2.27. The minimum absolute atomic E-state index is 0.225. The third-order valence-electron chi connectivity index (χ3n) is 5.45. The van der Waals surface area contributed by atoms with E-state index < -0.39 is 0 Å². The molecule has 0 bridgehead atoms. The molecule has 0 fully saturated rings. The van der Waals surface area contributed by atoms with Gasteiger partial charge in [0, 0.05) is 48.8 Å². The molecule has 148 valence electrons. The molecule has 0 radical (unpaired) electrons. The summed E-state index contributed by atoms with van der Waals surface area (Å²) in [6.45, 7) is 3.51. The van der Waals surface area contributed by atoms with Crippen LogP contribution in [-0.4, -0.2) is 38.7 Å². The number of aromatic nitrogens is 3. The van der Waals surface area contributed by atoms with E-state index in [1.165, 1.54) is 30.5 Å². The SMILES string of the molecule is Fc1ccc(-c2csc(CN3CCc4nc(C5=NCCCC5)ncc4C3)n2)cc1. The summed E-state index contributed by atoms with van der Waals surface area (Å²) in [6, 6.07) is 6.50. The molecule has 3 aromatic rings. The van der Waals surface area contributed by atoms with Gasteiger partial charge in [-0.1, -0.05) is 0 Å². The highest BCUT2D eigenvalue weighted by molar-refractivity contribution is 7.09. The Balaban J connectivity index is 1.27. The molecule has 5 rings (SSSR count). The van der Waals surface area contributed by atoms with Gasteiger partial charge in [0.15, 0.2) is 5.82 Å². The van der Waals surface area contributed by atoms with Crippen molar-refractivity contribution < 1.29 is 4.39 Å². The predicted octanol–water partition coefficient (Wildman–Crippen LogP) is 4.27. The van der Waals surface area contributed by atoms with E-state index in [1.54, 1.807) is 23.5 Å². The monoisotopic (exact) mass is 407 g/mol. The van der Waals surface area contributed by atoms with E-state index >= 15 is 0 Å². The summed E-state index contributed by atoms with van der Waals surface area (Å²) in [5.41, 5.74) is 5.28. The van der Waals surface area contributed by atoms with Crippen LogP contribution in [0, 0.1) is 5.82 Å². The van der Waals surface area contributed by atoms with Gasteiger partial charge in [-0.05, 0) is 43.5 Å². The van der Waals surface area contributed by atoms with E-state index in [-0.39, 0.29) is 5.82 Å². The van der Waals surface area contributed by atoms with E-state index in [1.807, 2.05) is 11.6 Å². The molecule has 0 saturated carbocycles. The molecule has 1 aromatic carbocycles. The Hall–Kier alpha value is -2.51. The molecular formula is C22H22FN5S. The van der Waals surface area contributed by atoms with E-state index in [0.29, 0.717) is 0 Å². The molecule has 5 nitrogen and oxygen atoms in total. The average molecular weight is 408 g/mol. The number of benzene rings is 1. The zero-order chi connectivity index (χ0) is 19.6. The lowest BCUT2D eigenvalue weighted by molar-refractivity contribution is 0.242. The van der Waals surface area contributed by atoms with Crippen LogP contribution in [0.1, 0.15) is 41.4 Å². The van der Waals surface area contributed by atoms with Crippen LogP contribution >= 0.6 is 11.3 Å². The molecule has 2 aliphatic rings. The number of nitrogens with zero attached hydrogens (tertiary/aromatic N) is 5. The van der Waals surface area contributed by atoms with E-state index in [2.05, 4.69) is 14.9 Å². The van der Waals surface area contributed by atoms with E-state index in [0.717, 1.165) is 72.5 Å². The van der Waals surface area contributed by atoms with Gasteiger partial charge in [0.1, 0.15) is 10.8 Å². The zero-order valence-electron chi connectivity index (χ0n) is 16.1. The largest absolute Gasteiger partial charge is 0.292 e. The number of hydrogen-bond donors (Lipinski definition) is 0. The van der Waals surface area contributed by atoms with Crippen molar-refractivity contribution in [2.75, 3.05) is 13.1 Å². The Bertz CT molecular complexity index is 1040. The van der Waals surface area contributed by atoms with Crippen LogP contribution in [0.5, 0.6) is 0 Å². The standard InChI is InChI=1S/C22H22FN5S/c23-17-6-4-15(5-7-17)20-14-29-21(26-20)13-28-10-8-18-16(12-28)11-25-22(27-18)19-3-1-2-9-24-19/h4-7,11,14H,1-3,8-10,12-13H2. The Labute approximate surface area is 173 Å². The van der Waals surface area contributed by atoms with Gasteiger partial charge in [0.05, 0.1) is 23.6 Å². The summed E-state index contributed by atoms with van der Waals surface area (Å²) in [6.07, 6.45) is 6.25. The van der Waals surface area contributed by atoms with Crippen LogP contribution < -0.4 is 0 Å². The minimum atomic E-state index is -0.225. The third-order valence-corrected chi connectivity index (χ3v) is 6.28. The topological polar surface area (TPSA) is 54.3 Å². The molecule has 7 heteroatoms. The Kier molecular flexibility index (Phi) is 5.16. The molecule has 0 aliphatic carbocycles. The summed E-state index contributed by atoms with van der Waals surface area (Å²) in [5, 5.41) is 3.11. The highest BCUT2D eigenvalue weighted by atomic mass is 32.1. The van der Waals surface area contributed by atoms with Crippen LogP contribution in [0.2, 0.25) is 0 Å². The number of hydrogen-bond acceptors (Lipinski definition) is 6. The van der Waals surface area contributed by atoms with E-state index in [9.17, 15) is 4.39 Å². The number of halogens is 1. The molecular weight excluding hydrogens is 385 g/mol. The maximum Gasteiger partial charge on any atom is 0.173 e. The molecule has 0 unspecified atom stereocenters. The van der Waals surface area contributed by atoms with Crippen molar-refractivity contribution >= 4 is 17.0 Å². The Morgan fingerprint density at radius 1 is 1.07 bits per heavy atom. The summed E-state index contributed by atoms with van der Waals surface area (Å²) < 4.78 is 13.1. The maximum atomic E-state index is 13.1. The van der Waals surface area contributed by atoms with Gasteiger partial charge >= 0.3 is 0 Å². The first kappa shape index (κ1) is 18.5. The maximum absolute atomic E-state index is 13.1. The van der Waals surface area contributed by atoms with Gasteiger partial charge in [-0.15, -0.1) is 11.3 Å². The van der Waals surface area contributed by atoms with Gasteiger partial charge in [0.2, 0.25) is 0 Å². The Morgan fingerprint density at radius 3 is 2.79 bits per heavy atom. The fraction of sp³-hybridized carbons (Fsp3) is 0.364. The normalized spacial score (nSPS) is 17.1. The van der Waals surface area contributed by atoms with Crippen LogP contribution in [0.15, 0.2) is 40.8 Å². The summed E-state index contributed by atoms with van der Waals surface area (Å²) in [5.74, 6) is 0.595. The summed E-state index contributed by atoms with van der Waals surface area (Å²) in [7, 11) is 0. The fourth-order valence-electron chi connectivity index (χ4n) is 3.86. The number of rotatable bonds is 4. The fourth-order valence-corrected chi connectivity index (χ4v) is 4.70. The molecule has 2 aromatic heterocycles. The average Bonchev–Trinajstić information content (AvgIpc) is 3.23. The first-order chi connectivity index (χ1) is 14.2. The summed E-state index contributed by atoms with van der Waals surface area (Å²) >= 11 is 1.65. The molecule has 4 heterocycles. The summed E-state index contributed by atoms with van der Waals surface area (Å²) in [4.78, 5) is 21.1. The van der Waals surface area contributed by atoms with Crippen LogP contribution in [0.25, 0.3) is 11.3 Å². The number of thiazole rings is 1. The first-order valence-corrected chi connectivity index (χ1v) is 10.9. The van der Waals surface area contributed by atoms with Crippen molar-refractivity contribution in [3.63, 3.8) is 0 Å². The number of aliphatic imine (C=N–C) groups is 1. The molecule has 0 atom stereocenters. The smallest absolute Gasteiger partial charge is 0.173 e. The van der Waals surface area contributed by atoms with E-state index in [4.69, 9.17) is 9.97 Å². The highest BCUT2D eigenvalue weighted by Gasteiger charge is 2.21. The second kappa shape index (κ2) is 8.08. The molecule has 0 saturated heterocycles. The van der Waals surface area contributed by atoms with Crippen molar-refractivity contribution in [3.8, 4) is 11.3 Å². The van der Waals surface area contributed by atoms with Crippen molar-refractivity contribution in [1.29, 1.82) is 0 Å². The molecule has 0 amide bonds. The minimum Gasteiger partial charge on any atom is -0.292 e. The predicted molar refractivity (Wildman–Crippen MR) is 113 cm³/mol. The molecule has 29 heavy (non-hydrogen) atoms. The third kappa shape index (κ3) is 4.11. The second-order valence-electron chi connectivity index (χ2n) is 7.55. The molecule has 2 aliphatic heterocycles. The van der Waals surface area contributed by atoms with Crippen LogP contribution in [-0.2, 0) is 19.5 Å². The van der Waals surface area contributed by atoms with Gasteiger partial charge in [-0.25, -0.2) is 19.3 Å². The van der Waals surface area contributed by atoms with Gasteiger partial charge < -0.3 is 0 Å². The first-order valence-electron chi connectivity index (χ1n) is 10.1. The Morgan fingerprint density at radius 2 is 1.97 bits per heavy atom. The van der Waals surface area contributed by atoms with Crippen LogP contribution in [0.4, 0.5) is 4.39 Å². The van der Waals surface area contributed by atoms with Crippen molar-refractivity contribution in [2.45, 2.75) is 38.8 Å². The van der Waals surface area contributed by atoms with Crippen molar-refractivity contribution in [3.05, 3.63) is 63.7 Å². The quantitative estimate of drug-likeness (QED) is 0.648. The number of fused-ring (bicyclic) bond motifs is 1. The van der Waals surface area contributed by atoms with Gasteiger partial charge in [0.25, 0.3) is 0 Å². The molecule has 0 N–H and O–H groups in total. The molecule has 0 spiro atoms. The van der Waals surface area contributed by atoms with Gasteiger partial charge in [-0.3, -0.25) is 9.89 Å². The van der Waals surface area contributed by atoms with Crippen LogP contribution in [0.3, 0.4) is 0 Å². The lowest BCUT2D eigenvalue weighted by atomic mass is 10.1. The van der Waals surface area contributed by atoms with Crippen molar-refractivity contribution in [1.82, 2.24) is 19.9 Å².